The molecule has 2 heterocycles. The van der Waals surface area contributed by atoms with Crippen LogP contribution in [-0.4, -0.2) is 53.3 Å². The number of likely N-dealkylation sites (tertiary alicyclic amines) is 2. The van der Waals surface area contributed by atoms with Gasteiger partial charge >= 0.3 is 0 Å². The molecular formula is C27H32N4O2. The molecule has 1 unspecified atom stereocenters. The normalized spacial score (nSPS) is 20.1. The van der Waals surface area contributed by atoms with Gasteiger partial charge in [0.25, 0.3) is 5.91 Å². The summed E-state index contributed by atoms with van der Waals surface area (Å²) >= 11 is 0. The molecule has 0 aromatic heterocycles. The van der Waals surface area contributed by atoms with Gasteiger partial charge in [-0.3, -0.25) is 14.5 Å². The minimum absolute atomic E-state index is 0.107. The number of hydrogen-bond donors (Lipinski definition) is 1. The lowest BCUT2D eigenvalue weighted by molar-refractivity contribution is -0.125. The van der Waals surface area contributed by atoms with E-state index in [1.54, 1.807) is 0 Å². The molecule has 2 amide bonds. The maximum atomic E-state index is 12.9. The molecule has 2 fully saturated rings. The van der Waals surface area contributed by atoms with E-state index in [9.17, 15) is 14.9 Å². The SMILES string of the molecule is N#C[C@H](Cc1ccc(-c2cccc(C(=O)N3CCCCC3)c2)cc1)N1CCCCC1C(N)=O. The Morgan fingerprint density at radius 3 is 2.39 bits per heavy atom. The van der Waals surface area contributed by atoms with Gasteiger partial charge in [0.1, 0.15) is 6.04 Å². The maximum Gasteiger partial charge on any atom is 0.253 e. The number of nitrogens with two attached hydrogens (primary N) is 1. The average Bonchev–Trinajstić information content (AvgIpc) is 2.87. The molecule has 2 aliphatic rings. The van der Waals surface area contributed by atoms with Gasteiger partial charge in [-0.25, -0.2) is 0 Å². The van der Waals surface area contributed by atoms with Gasteiger partial charge in [0, 0.05) is 31.6 Å². The van der Waals surface area contributed by atoms with Crippen molar-refractivity contribution in [1.29, 1.82) is 5.26 Å². The third-order valence-corrected chi connectivity index (χ3v) is 6.89. The van der Waals surface area contributed by atoms with Crippen LogP contribution in [0.2, 0.25) is 0 Å². The van der Waals surface area contributed by atoms with Crippen LogP contribution in [0.3, 0.4) is 0 Å². The number of piperidine rings is 2. The quantitative estimate of drug-likeness (QED) is 0.735. The highest BCUT2D eigenvalue weighted by atomic mass is 16.2. The van der Waals surface area contributed by atoms with Crippen molar-refractivity contribution in [2.45, 2.75) is 57.0 Å². The Labute approximate surface area is 196 Å². The molecule has 6 nitrogen and oxygen atoms in total. The molecular weight excluding hydrogens is 412 g/mol. The van der Waals surface area contributed by atoms with Crippen molar-refractivity contribution in [1.82, 2.24) is 9.80 Å². The molecule has 2 aromatic carbocycles. The van der Waals surface area contributed by atoms with E-state index < -0.39 is 0 Å². The van der Waals surface area contributed by atoms with Crippen molar-refractivity contribution in [3.05, 3.63) is 59.7 Å². The number of amides is 2. The molecule has 2 aliphatic heterocycles. The smallest absolute Gasteiger partial charge is 0.253 e. The van der Waals surface area contributed by atoms with Crippen LogP contribution in [0.1, 0.15) is 54.4 Å². The number of primary amides is 1. The monoisotopic (exact) mass is 444 g/mol. The van der Waals surface area contributed by atoms with Gasteiger partial charge in [0.15, 0.2) is 0 Å². The van der Waals surface area contributed by atoms with Crippen LogP contribution >= 0.6 is 0 Å². The van der Waals surface area contributed by atoms with Gasteiger partial charge < -0.3 is 10.6 Å². The third kappa shape index (κ3) is 5.43. The molecule has 2 N–H and O–H groups in total. The van der Waals surface area contributed by atoms with E-state index in [0.717, 1.165) is 74.0 Å². The fraction of sp³-hybridized carbons (Fsp3) is 0.444. The Balaban J connectivity index is 1.46. The Morgan fingerprint density at radius 2 is 1.70 bits per heavy atom. The van der Waals surface area contributed by atoms with E-state index in [2.05, 4.69) is 6.07 Å². The van der Waals surface area contributed by atoms with Crippen LogP contribution in [0.15, 0.2) is 48.5 Å². The minimum Gasteiger partial charge on any atom is -0.368 e. The van der Waals surface area contributed by atoms with Gasteiger partial charge in [-0.1, -0.05) is 42.8 Å². The molecule has 4 rings (SSSR count). The van der Waals surface area contributed by atoms with Crippen molar-refractivity contribution in [3.63, 3.8) is 0 Å². The summed E-state index contributed by atoms with van der Waals surface area (Å²) in [5, 5.41) is 9.78. The summed E-state index contributed by atoms with van der Waals surface area (Å²) in [5.41, 5.74) is 9.40. The number of hydrogen-bond acceptors (Lipinski definition) is 4. The minimum atomic E-state index is -0.376. The van der Waals surface area contributed by atoms with E-state index in [1.165, 1.54) is 6.42 Å². The number of rotatable bonds is 6. The van der Waals surface area contributed by atoms with Gasteiger partial charge in [0.05, 0.1) is 12.1 Å². The Kier molecular flexibility index (Phi) is 7.41. The first kappa shape index (κ1) is 23.0. The number of benzene rings is 2. The number of nitrogens with zero attached hydrogens (tertiary/aromatic N) is 3. The molecule has 0 spiro atoms. The summed E-state index contributed by atoms with van der Waals surface area (Å²) in [6, 6.07) is 17.6. The largest absolute Gasteiger partial charge is 0.368 e. The van der Waals surface area contributed by atoms with Crippen LogP contribution in [0.25, 0.3) is 11.1 Å². The predicted molar refractivity (Wildman–Crippen MR) is 128 cm³/mol. The predicted octanol–water partition coefficient (Wildman–Crippen LogP) is 3.75. The lowest BCUT2D eigenvalue weighted by Gasteiger charge is -2.36. The fourth-order valence-corrected chi connectivity index (χ4v) is 5.04. The molecule has 0 saturated carbocycles. The van der Waals surface area contributed by atoms with Crippen molar-refractivity contribution >= 4 is 11.8 Å². The standard InChI is InChI=1S/C27H32N4O2/c28-19-24(31-16-5-2-9-25(31)26(29)32)17-20-10-12-21(13-11-20)22-7-6-8-23(18-22)27(33)30-14-3-1-4-15-30/h6-8,10-13,18,24-25H,1-5,9,14-17H2,(H2,29,32)/t24-,25?/m0/s1. The van der Waals surface area contributed by atoms with Gasteiger partial charge in [-0.15, -0.1) is 0 Å². The van der Waals surface area contributed by atoms with E-state index in [4.69, 9.17) is 5.73 Å². The molecule has 33 heavy (non-hydrogen) atoms. The van der Waals surface area contributed by atoms with Crippen molar-refractivity contribution in [2.75, 3.05) is 19.6 Å². The summed E-state index contributed by atoms with van der Waals surface area (Å²) in [6.07, 6.45) is 6.57. The van der Waals surface area contributed by atoms with Gasteiger partial charge in [-0.2, -0.15) is 5.26 Å². The Bertz CT molecular complexity index is 1020. The summed E-state index contributed by atoms with van der Waals surface area (Å²) < 4.78 is 0. The summed E-state index contributed by atoms with van der Waals surface area (Å²) in [7, 11) is 0. The zero-order chi connectivity index (χ0) is 23.2. The molecule has 0 bridgehead atoms. The highest BCUT2D eigenvalue weighted by Gasteiger charge is 2.32. The second kappa shape index (κ2) is 10.6. The Hall–Kier alpha value is -3.17. The van der Waals surface area contributed by atoms with E-state index >= 15 is 0 Å². The van der Waals surface area contributed by atoms with Crippen molar-refractivity contribution in [3.8, 4) is 17.2 Å². The summed E-state index contributed by atoms with van der Waals surface area (Å²) in [5.74, 6) is -0.236. The molecule has 2 saturated heterocycles. The van der Waals surface area contributed by atoms with Crippen LogP contribution < -0.4 is 5.73 Å². The van der Waals surface area contributed by atoms with Crippen molar-refractivity contribution in [2.24, 2.45) is 5.73 Å². The lowest BCUT2D eigenvalue weighted by Crippen LogP contribution is -2.52. The Morgan fingerprint density at radius 1 is 0.970 bits per heavy atom. The van der Waals surface area contributed by atoms with Gasteiger partial charge in [-0.05, 0) is 60.9 Å². The molecule has 172 valence electrons. The fourth-order valence-electron chi connectivity index (χ4n) is 5.04. The van der Waals surface area contributed by atoms with Crippen LogP contribution in [-0.2, 0) is 11.2 Å². The maximum absolute atomic E-state index is 12.9. The first-order chi connectivity index (χ1) is 16.1. The number of nitriles is 1. The summed E-state index contributed by atoms with van der Waals surface area (Å²) in [4.78, 5) is 28.7. The zero-order valence-electron chi connectivity index (χ0n) is 19.1. The van der Waals surface area contributed by atoms with E-state index in [-0.39, 0.29) is 23.9 Å². The highest BCUT2D eigenvalue weighted by Crippen LogP contribution is 2.25. The lowest BCUT2D eigenvalue weighted by atomic mass is 9.95. The first-order valence-corrected chi connectivity index (χ1v) is 12.0. The summed E-state index contributed by atoms with van der Waals surface area (Å²) in [6.45, 7) is 2.40. The second-order valence-corrected chi connectivity index (χ2v) is 9.13. The average molecular weight is 445 g/mol. The molecule has 0 aliphatic carbocycles. The second-order valence-electron chi connectivity index (χ2n) is 9.13. The molecule has 0 radical (unpaired) electrons. The highest BCUT2D eigenvalue weighted by molar-refractivity contribution is 5.95. The van der Waals surface area contributed by atoms with Crippen LogP contribution in [0.4, 0.5) is 0 Å². The van der Waals surface area contributed by atoms with E-state index in [1.807, 2.05) is 58.3 Å². The van der Waals surface area contributed by atoms with Crippen molar-refractivity contribution < 1.29 is 9.59 Å². The third-order valence-electron chi connectivity index (χ3n) is 6.89. The van der Waals surface area contributed by atoms with Gasteiger partial charge in [0.2, 0.25) is 5.91 Å². The van der Waals surface area contributed by atoms with E-state index in [0.29, 0.717) is 6.42 Å². The topological polar surface area (TPSA) is 90.4 Å². The first-order valence-electron chi connectivity index (χ1n) is 12.0. The number of carbonyl (C=O) groups excluding carboxylic acids is 2. The molecule has 2 atom stereocenters. The molecule has 6 heteroatoms. The van der Waals surface area contributed by atoms with Crippen LogP contribution in [0, 0.1) is 11.3 Å². The van der Waals surface area contributed by atoms with Crippen LogP contribution in [0.5, 0.6) is 0 Å². The number of carbonyl (C=O) groups is 2. The zero-order valence-corrected chi connectivity index (χ0v) is 19.1. The molecule has 2 aromatic rings.